The molecule has 0 unspecified atom stereocenters. The number of rotatable bonds is 3. The van der Waals surface area contributed by atoms with Crippen LogP contribution in [0.15, 0.2) is 60.7 Å². The molecule has 0 nitrogen and oxygen atoms in total. The van der Waals surface area contributed by atoms with Crippen LogP contribution in [0.25, 0.3) is 22.3 Å². The van der Waals surface area contributed by atoms with E-state index in [9.17, 15) is 0 Å². The summed E-state index contributed by atoms with van der Waals surface area (Å²) in [6, 6.07) is 22.0. The van der Waals surface area contributed by atoms with E-state index < -0.39 is 0 Å². The Hall–Kier alpha value is -2.34. The molecule has 0 N–H and O–H groups in total. The van der Waals surface area contributed by atoms with Crippen LogP contribution in [-0.4, -0.2) is 0 Å². The molecule has 0 aliphatic heterocycles. The first-order chi connectivity index (χ1) is 11.1. The standard InChI is InChI=1S/C23H24/c1-5-19-11-7-9-13-23(19)22-15-14-21(17(3)18(22)4)20-12-8-6-10-16(20)2/h6-15H,5H2,1-4H3. The number of aryl methyl sites for hydroxylation is 2. The van der Waals surface area contributed by atoms with Gasteiger partial charge in [0.15, 0.2) is 0 Å². The van der Waals surface area contributed by atoms with Crippen LogP contribution in [0.5, 0.6) is 0 Å². The molecule has 0 heteroatoms. The second kappa shape index (κ2) is 6.42. The van der Waals surface area contributed by atoms with E-state index in [1.54, 1.807) is 0 Å². The second-order valence-electron chi connectivity index (χ2n) is 6.24. The molecule has 0 saturated heterocycles. The van der Waals surface area contributed by atoms with Crippen molar-refractivity contribution in [3.8, 4) is 22.3 Å². The molecule has 0 aliphatic carbocycles. The SMILES string of the molecule is CCc1ccccc1-c1ccc(-c2ccccc2C)c(C)c1C. The third-order valence-electron chi connectivity index (χ3n) is 4.91. The topological polar surface area (TPSA) is 0 Å². The minimum Gasteiger partial charge on any atom is -0.0620 e. The second-order valence-corrected chi connectivity index (χ2v) is 6.24. The van der Waals surface area contributed by atoms with Gasteiger partial charge in [0, 0.05) is 0 Å². The molecule has 0 bridgehead atoms. The van der Waals surface area contributed by atoms with Crippen molar-refractivity contribution in [1.82, 2.24) is 0 Å². The highest BCUT2D eigenvalue weighted by Gasteiger charge is 2.12. The maximum atomic E-state index is 2.29. The van der Waals surface area contributed by atoms with Crippen LogP contribution in [-0.2, 0) is 6.42 Å². The van der Waals surface area contributed by atoms with Crippen molar-refractivity contribution in [1.29, 1.82) is 0 Å². The van der Waals surface area contributed by atoms with Gasteiger partial charge in [-0.2, -0.15) is 0 Å². The van der Waals surface area contributed by atoms with E-state index in [1.165, 1.54) is 44.5 Å². The van der Waals surface area contributed by atoms with E-state index >= 15 is 0 Å². The van der Waals surface area contributed by atoms with Crippen LogP contribution in [0, 0.1) is 20.8 Å². The van der Waals surface area contributed by atoms with Crippen LogP contribution in [0.3, 0.4) is 0 Å². The molecule has 0 saturated carbocycles. The average molecular weight is 300 g/mol. The van der Waals surface area contributed by atoms with Gasteiger partial charge in [-0.15, -0.1) is 0 Å². The van der Waals surface area contributed by atoms with E-state index in [0.29, 0.717) is 0 Å². The summed E-state index contributed by atoms with van der Waals surface area (Å²) in [6.45, 7) is 8.90. The Bertz CT molecular complexity index is 840. The van der Waals surface area contributed by atoms with Crippen molar-refractivity contribution in [2.24, 2.45) is 0 Å². The van der Waals surface area contributed by atoms with E-state index in [-0.39, 0.29) is 0 Å². The molecule has 0 amide bonds. The van der Waals surface area contributed by atoms with Gasteiger partial charge in [-0.1, -0.05) is 67.6 Å². The number of hydrogen-bond donors (Lipinski definition) is 0. The maximum absolute atomic E-state index is 2.29. The summed E-state index contributed by atoms with van der Waals surface area (Å²) >= 11 is 0. The molecule has 23 heavy (non-hydrogen) atoms. The first-order valence-corrected chi connectivity index (χ1v) is 8.38. The van der Waals surface area contributed by atoms with Crippen molar-refractivity contribution in [2.75, 3.05) is 0 Å². The predicted molar refractivity (Wildman–Crippen MR) is 101 cm³/mol. The fraction of sp³-hybridized carbons (Fsp3) is 0.217. The predicted octanol–water partition coefficient (Wildman–Crippen LogP) is 6.51. The summed E-state index contributed by atoms with van der Waals surface area (Å²) in [5, 5.41) is 0. The van der Waals surface area contributed by atoms with Gasteiger partial charge >= 0.3 is 0 Å². The van der Waals surface area contributed by atoms with E-state index in [2.05, 4.69) is 88.4 Å². The Labute approximate surface area is 139 Å². The summed E-state index contributed by atoms with van der Waals surface area (Å²) in [4.78, 5) is 0. The zero-order valence-corrected chi connectivity index (χ0v) is 14.5. The summed E-state index contributed by atoms with van der Waals surface area (Å²) in [6.07, 6.45) is 1.06. The molecule has 116 valence electrons. The Morgan fingerprint density at radius 3 is 1.70 bits per heavy atom. The summed E-state index contributed by atoms with van der Waals surface area (Å²) < 4.78 is 0. The van der Waals surface area contributed by atoms with E-state index in [0.717, 1.165) is 6.42 Å². The van der Waals surface area contributed by atoms with Gasteiger partial charge in [-0.3, -0.25) is 0 Å². The highest BCUT2D eigenvalue weighted by atomic mass is 14.2. The monoisotopic (exact) mass is 300 g/mol. The first kappa shape index (κ1) is 15.6. The highest BCUT2D eigenvalue weighted by molar-refractivity contribution is 5.79. The molecule has 0 fully saturated rings. The van der Waals surface area contributed by atoms with Crippen molar-refractivity contribution in [2.45, 2.75) is 34.1 Å². The molecule has 0 spiro atoms. The van der Waals surface area contributed by atoms with Gasteiger partial charge in [-0.05, 0) is 71.7 Å². The summed E-state index contributed by atoms with van der Waals surface area (Å²) in [5.74, 6) is 0. The molecule has 0 aliphatic rings. The normalized spacial score (nSPS) is 10.8. The van der Waals surface area contributed by atoms with Crippen LogP contribution in [0.4, 0.5) is 0 Å². The molecule has 0 atom stereocenters. The third-order valence-corrected chi connectivity index (χ3v) is 4.91. The number of hydrogen-bond acceptors (Lipinski definition) is 0. The quantitative estimate of drug-likeness (QED) is 0.517. The lowest BCUT2D eigenvalue weighted by Crippen LogP contribution is -1.95. The Morgan fingerprint density at radius 2 is 1.09 bits per heavy atom. The molecule has 0 heterocycles. The van der Waals surface area contributed by atoms with Gasteiger partial charge < -0.3 is 0 Å². The summed E-state index contributed by atoms with van der Waals surface area (Å²) in [5.41, 5.74) is 10.9. The highest BCUT2D eigenvalue weighted by Crippen LogP contribution is 2.35. The number of benzene rings is 3. The molecule has 3 aromatic rings. The molecule has 0 radical (unpaired) electrons. The molecular weight excluding hydrogens is 276 g/mol. The van der Waals surface area contributed by atoms with Crippen molar-refractivity contribution < 1.29 is 0 Å². The van der Waals surface area contributed by atoms with Crippen LogP contribution in [0.1, 0.15) is 29.2 Å². The van der Waals surface area contributed by atoms with Gasteiger partial charge in [0.05, 0.1) is 0 Å². The van der Waals surface area contributed by atoms with E-state index in [4.69, 9.17) is 0 Å². The fourth-order valence-corrected chi connectivity index (χ4v) is 3.37. The Balaban J connectivity index is 2.18. The molecular formula is C23H24. The third kappa shape index (κ3) is 2.82. The minimum absolute atomic E-state index is 1.06. The maximum Gasteiger partial charge on any atom is -0.0149 e. The van der Waals surface area contributed by atoms with Gasteiger partial charge in [-0.25, -0.2) is 0 Å². The Kier molecular flexibility index (Phi) is 4.34. The van der Waals surface area contributed by atoms with Crippen LogP contribution in [0.2, 0.25) is 0 Å². The molecule has 3 aromatic carbocycles. The van der Waals surface area contributed by atoms with Crippen LogP contribution >= 0.6 is 0 Å². The van der Waals surface area contributed by atoms with Crippen molar-refractivity contribution in [3.05, 3.63) is 82.9 Å². The van der Waals surface area contributed by atoms with Gasteiger partial charge in [0.25, 0.3) is 0 Å². The average Bonchev–Trinajstić information content (AvgIpc) is 2.58. The molecule has 3 rings (SSSR count). The lowest BCUT2D eigenvalue weighted by atomic mass is 9.87. The molecule has 0 aromatic heterocycles. The van der Waals surface area contributed by atoms with Crippen LogP contribution < -0.4 is 0 Å². The first-order valence-electron chi connectivity index (χ1n) is 8.38. The minimum atomic E-state index is 1.06. The van der Waals surface area contributed by atoms with E-state index in [1.807, 2.05) is 0 Å². The summed E-state index contributed by atoms with van der Waals surface area (Å²) in [7, 11) is 0. The van der Waals surface area contributed by atoms with Crippen molar-refractivity contribution in [3.63, 3.8) is 0 Å². The Morgan fingerprint density at radius 1 is 0.565 bits per heavy atom. The largest absolute Gasteiger partial charge is 0.0620 e. The zero-order chi connectivity index (χ0) is 16.4. The smallest absolute Gasteiger partial charge is 0.0149 e. The van der Waals surface area contributed by atoms with Gasteiger partial charge in [0.2, 0.25) is 0 Å². The zero-order valence-electron chi connectivity index (χ0n) is 14.5. The lowest BCUT2D eigenvalue weighted by molar-refractivity contribution is 1.14. The van der Waals surface area contributed by atoms with Gasteiger partial charge in [0.1, 0.15) is 0 Å². The fourth-order valence-electron chi connectivity index (χ4n) is 3.37. The van der Waals surface area contributed by atoms with Crippen molar-refractivity contribution >= 4 is 0 Å². The lowest BCUT2D eigenvalue weighted by Gasteiger charge is -2.17.